The van der Waals surface area contributed by atoms with Gasteiger partial charge in [-0.2, -0.15) is 0 Å². The van der Waals surface area contributed by atoms with Crippen molar-refractivity contribution < 1.29 is 134 Å². The van der Waals surface area contributed by atoms with Crippen LogP contribution in [0, 0.1) is 5.41 Å². The number of ether oxygens (including phenoxy) is 11. The lowest BCUT2D eigenvalue weighted by atomic mass is 9.54. The Hall–Kier alpha value is -1.08. The molecule has 28 atom stereocenters. The first-order chi connectivity index (χ1) is 41.3. The van der Waals surface area contributed by atoms with Crippen LogP contribution < -0.4 is 0 Å². The highest BCUT2D eigenvalue weighted by atomic mass is 16.8. The van der Waals surface area contributed by atoms with Crippen molar-refractivity contribution in [2.24, 2.45) is 5.41 Å². The third kappa shape index (κ3) is 9.46. The minimum absolute atomic E-state index is 0.0369. The zero-order valence-electron chi connectivity index (χ0n) is 63.0. The van der Waals surface area contributed by atoms with E-state index in [1.165, 1.54) is 145 Å². The molecule has 0 radical (unpaired) electrons. The summed E-state index contributed by atoms with van der Waals surface area (Å²) in [6.45, 7) is 38.5. The Morgan fingerprint density at radius 2 is 0.526 bits per heavy atom. The van der Waals surface area contributed by atoms with Gasteiger partial charge in [-0.1, -0.05) is 27.7 Å². The van der Waals surface area contributed by atoms with Crippen molar-refractivity contribution in [3.05, 3.63) is 0 Å². The minimum Gasteiger partial charge on any atom is -0.393 e. The number of aliphatic hydroxyl groups excluding tert-OH is 2. The number of aliphatic hydroxyl groups is 16. The molecule has 18 unspecified atom stereocenters. The molecule has 0 bridgehead atoms. The van der Waals surface area contributed by atoms with Crippen LogP contribution in [0.1, 0.15) is 234 Å². The fourth-order valence-electron chi connectivity index (χ4n) is 16.7. The van der Waals surface area contributed by atoms with Crippen molar-refractivity contribution in [2.45, 2.75) is 399 Å². The van der Waals surface area contributed by atoms with Crippen LogP contribution in [0.3, 0.4) is 0 Å². The maximum atomic E-state index is 13.9. The molecule has 6 saturated heterocycles. The largest absolute Gasteiger partial charge is 0.393 e. The van der Waals surface area contributed by atoms with Gasteiger partial charge < -0.3 is 134 Å². The lowest BCUT2D eigenvalue weighted by Crippen LogP contribution is -2.92. The van der Waals surface area contributed by atoms with Crippen LogP contribution in [0.25, 0.3) is 0 Å². The van der Waals surface area contributed by atoms with Crippen molar-refractivity contribution in [3.63, 3.8) is 0 Å². The fraction of sp³-hybridized carbons (Fsp3) is 1.00. The standard InChI is InChI=1S/C68H126O27/c1-33-43(7)53(17,75)55(19,77)49(13,71)39(87-43)85-37-47(11)41(3,4)51(15,73)60(24,82)66(30,91-47)94-64(28)46(10,36-70)90-67(31,61(25,83)58(64,22)80)95-65(29)48(12,38-86-40-50(14,72)56(20,78)54(18,76)44(8,34-2)88-40)92-68(32,62(26,84)59(65,23)81)93-63(27)45(9,35-69)89-42(5,6)52(16,74)57(63,21)79/h39-40,69-84H,33-38H2,1-32H3/t39-,40-,43?,44?,45?,46?,47?,48?,49?,50?,51?,52?,53-,54-,55?,56?,57?,58?,59?,60?,61?,62?,63+,64+,65+,66-,67-,68-/m0/s1. The molecule has 0 aromatic heterocycles. The van der Waals surface area contributed by atoms with Crippen LogP contribution >= 0.6 is 0 Å². The Bertz CT molecular complexity index is 2910. The van der Waals surface area contributed by atoms with Crippen LogP contribution in [0.4, 0.5) is 0 Å². The Morgan fingerprint density at radius 1 is 0.274 bits per heavy atom. The van der Waals surface area contributed by atoms with E-state index in [0.29, 0.717) is 0 Å². The molecule has 0 spiro atoms. The van der Waals surface area contributed by atoms with Gasteiger partial charge in [0.05, 0.1) is 43.2 Å². The van der Waals surface area contributed by atoms with E-state index in [4.69, 9.17) is 52.1 Å². The zero-order chi connectivity index (χ0) is 75.2. The predicted octanol–water partition coefficient (Wildman–Crippen LogP) is 2.00. The Balaban J connectivity index is 1.55. The molecule has 0 aromatic carbocycles. The molecule has 27 heteroatoms. The second-order valence-corrected chi connectivity index (χ2v) is 34.9. The van der Waals surface area contributed by atoms with Gasteiger partial charge in [0.2, 0.25) is 0 Å². The molecule has 6 fully saturated rings. The summed E-state index contributed by atoms with van der Waals surface area (Å²) in [7, 11) is 0. The Morgan fingerprint density at radius 3 is 0.832 bits per heavy atom. The first kappa shape index (κ1) is 82.9. The number of rotatable bonds is 16. The first-order valence-corrected chi connectivity index (χ1v) is 33.2. The minimum atomic E-state index is -2.97. The molecule has 0 saturated carbocycles. The van der Waals surface area contributed by atoms with Crippen LogP contribution in [0.2, 0.25) is 0 Å². The quantitative estimate of drug-likeness (QED) is 0.105. The number of hydrogen-bond donors (Lipinski definition) is 16. The van der Waals surface area contributed by atoms with Crippen molar-refractivity contribution in [2.75, 3.05) is 26.4 Å². The fourth-order valence-corrected chi connectivity index (χ4v) is 16.7. The molecular weight excluding hydrogens is 1250 g/mol. The molecule has 16 N–H and O–H groups in total. The third-order valence-electron chi connectivity index (χ3n) is 29.5. The van der Waals surface area contributed by atoms with Gasteiger partial charge in [0.25, 0.3) is 0 Å². The maximum Gasteiger partial charge on any atom is 0.198 e. The first-order valence-electron chi connectivity index (χ1n) is 33.2. The van der Waals surface area contributed by atoms with E-state index in [0.717, 1.165) is 41.5 Å². The molecule has 6 aliphatic heterocycles. The highest BCUT2D eigenvalue weighted by Crippen LogP contribution is 2.67. The summed E-state index contributed by atoms with van der Waals surface area (Å²) >= 11 is 0. The lowest BCUT2D eigenvalue weighted by Gasteiger charge is -2.74. The molecule has 0 aromatic rings. The van der Waals surface area contributed by atoms with E-state index in [2.05, 4.69) is 0 Å². The van der Waals surface area contributed by atoms with Gasteiger partial charge in [-0.05, 0) is 207 Å². The average molecular weight is 1380 g/mol. The molecule has 6 heterocycles. The van der Waals surface area contributed by atoms with Crippen LogP contribution in [0.5, 0.6) is 0 Å². The van der Waals surface area contributed by atoms with Crippen molar-refractivity contribution >= 4 is 0 Å². The monoisotopic (exact) mass is 1370 g/mol. The highest BCUT2D eigenvalue weighted by molar-refractivity contribution is 5.31. The normalized spacial score (nSPS) is 61.3. The highest BCUT2D eigenvalue weighted by Gasteiger charge is 2.86. The van der Waals surface area contributed by atoms with Crippen molar-refractivity contribution in [1.29, 1.82) is 0 Å². The molecule has 27 nitrogen and oxygen atoms in total. The van der Waals surface area contributed by atoms with Gasteiger partial charge in [0, 0.05) is 5.41 Å². The molecular formula is C68H126O27. The third-order valence-corrected chi connectivity index (χ3v) is 29.5. The molecule has 6 rings (SSSR count). The SMILES string of the molecule is CCC1(C)O[C@H](OCC2(C)O[C@@](C)(O[C@]3(C)C(C)(CO)O[C@@](C)(O[C@]4(C)C(C)(CO[C@H]5OC(C)(CC)[C@](C)(O)C(C)(O)C5(C)O)O[C@@](C)(O[C@]5(C)C(C)(CO)OC(C)(C)C(C)(O)C5(C)O)C(C)(O)C4(C)O)C(C)(O)C3(C)O)C(C)(O)C(C)(O)C2(C)C)C(C)(O)C(C)(O)[C@@]1(C)O. The summed E-state index contributed by atoms with van der Waals surface area (Å²) in [5.41, 5.74) is -58.0. The maximum absolute atomic E-state index is 13.9. The molecule has 0 aliphatic carbocycles. The van der Waals surface area contributed by atoms with Gasteiger partial charge in [0.1, 0.15) is 118 Å². The second kappa shape index (κ2) is 21.8. The number of hydrogen-bond acceptors (Lipinski definition) is 27. The van der Waals surface area contributed by atoms with Gasteiger partial charge in [-0.3, -0.25) is 0 Å². The summed E-state index contributed by atoms with van der Waals surface area (Å²) < 4.78 is 74.6. The van der Waals surface area contributed by atoms with Crippen LogP contribution in [-0.4, -0.2) is 272 Å². The summed E-state index contributed by atoms with van der Waals surface area (Å²) in [6.07, 6.45) is -3.43. The van der Waals surface area contributed by atoms with E-state index >= 15 is 0 Å². The summed E-state index contributed by atoms with van der Waals surface area (Å²) in [6, 6.07) is 0. The smallest absolute Gasteiger partial charge is 0.198 e. The lowest BCUT2D eigenvalue weighted by molar-refractivity contribution is -0.547. The molecule has 95 heavy (non-hydrogen) atoms. The van der Waals surface area contributed by atoms with E-state index in [1.54, 1.807) is 34.6 Å². The van der Waals surface area contributed by atoms with E-state index in [1.807, 2.05) is 0 Å². The average Bonchev–Trinajstić information content (AvgIpc) is 0.662. The second-order valence-electron chi connectivity index (χ2n) is 34.9. The zero-order valence-corrected chi connectivity index (χ0v) is 63.0. The topological polar surface area (TPSA) is 425 Å². The Labute approximate surface area is 562 Å². The predicted molar refractivity (Wildman–Crippen MR) is 341 cm³/mol. The summed E-state index contributed by atoms with van der Waals surface area (Å²) in [5, 5.41) is 202. The van der Waals surface area contributed by atoms with Gasteiger partial charge >= 0.3 is 0 Å². The Kier molecular flexibility index (Phi) is 19.0. The van der Waals surface area contributed by atoms with Crippen molar-refractivity contribution in [1.82, 2.24) is 0 Å². The molecule has 6 aliphatic rings. The van der Waals surface area contributed by atoms with Crippen LogP contribution in [-0.2, 0) is 52.1 Å². The van der Waals surface area contributed by atoms with E-state index in [9.17, 15) is 81.7 Å². The summed E-state index contributed by atoms with van der Waals surface area (Å²) in [5.74, 6) is -8.21. The van der Waals surface area contributed by atoms with E-state index in [-0.39, 0.29) is 12.8 Å². The van der Waals surface area contributed by atoms with Gasteiger partial charge in [0.15, 0.2) is 29.9 Å². The van der Waals surface area contributed by atoms with E-state index < -0.39 is 196 Å². The van der Waals surface area contributed by atoms with Gasteiger partial charge in [-0.15, -0.1) is 0 Å². The van der Waals surface area contributed by atoms with Gasteiger partial charge in [-0.25, -0.2) is 0 Å². The summed E-state index contributed by atoms with van der Waals surface area (Å²) in [4.78, 5) is 0. The molecule has 0 amide bonds. The van der Waals surface area contributed by atoms with Crippen molar-refractivity contribution in [3.8, 4) is 0 Å². The van der Waals surface area contributed by atoms with Crippen LogP contribution in [0.15, 0.2) is 0 Å². The molecule has 560 valence electrons.